The number of H-pyrrole nitrogens is 1. The summed E-state index contributed by atoms with van der Waals surface area (Å²) in [6.45, 7) is 5.56. The maximum atomic E-state index is 12.3. The Bertz CT molecular complexity index is 457. The van der Waals surface area contributed by atoms with Crippen LogP contribution in [0.3, 0.4) is 0 Å². The highest BCUT2D eigenvalue weighted by atomic mass is 16.2. The van der Waals surface area contributed by atoms with E-state index in [9.17, 15) is 9.59 Å². The smallest absolute Gasteiger partial charge is 0.255 e. The number of rotatable bonds is 4. The summed E-state index contributed by atoms with van der Waals surface area (Å²) < 4.78 is 0. The molecule has 0 spiro atoms. The molecule has 1 amide bonds. The summed E-state index contributed by atoms with van der Waals surface area (Å²) in [5.74, 6) is 0.574. The first kappa shape index (κ1) is 13.8. The SMILES string of the molecule is CCN(CC1CCNCC1)C(=O)c1ccc(=O)[nH]c1. The number of amides is 1. The van der Waals surface area contributed by atoms with E-state index in [0.29, 0.717) is 18.0 Å². The van der Waals surface area contributed by atoms with E-state index in [1.807, 2.05) is 11.8 Å². The van der Waals surface area contributed by atoms with Gasteiger partial charge in [-0.25, -0.2) is 0 Å². The van der Waals surface area contributed by atoms with Crippen LogP contribution >= 0.6 is 0 Å². The van der Waals surface area contributed by atoms with Crippen LogP contribution in [0, 0.1) is 5.92 Å². The van der Waals surface area contributed by atoms with E-state index >= 15 is 0 Å². The van der Waals surface area contributed by atoms with Crippen LogP contribution in [-0.4, -0.2) is 42.0 Å². The molecule has 0 aliphatic carbocycles. The first-order valence-electron chi connectivity index (χ1n) is 6.89. The number of hydrogen-bond acceptors (Lipinski definition) is 3. The van der Waals surface area contributed by atoms with Crippen molar-refractivity contribution in [3.63, 3.8) is 0 Å². The summed E-state index contributed by atoms with van der Waals surface area (Å²) in [6.07, 6.45) is 3.74. The number of carbonyl (C=O) groups is 1. The van der Waals surface area contributed by atoms with Crippen molar-refractivity contribution in [2.45, 2.75) is 19.8 Å². The van der Waals surface area contributed by atoms with Gasteiger partial charge < -0.3 is 15.2 Å². The highest BCUT2D eigenvalue weighted by molar-refractivity contribution is 5.93. The lowest BCUT2D eigenvalue weighted by molar-refractivity contribution is 0.0726. The minimum absolute atomic E-state index is 0.00252. The Hall–Kier alpha value is -1.62. The van der Waals surface area contributed by atoms with Gasteiger partial charge in [-0.1, -0.05) is 0 Å². The third-order valence-electron chi connectivity index (χ3n) is 3.64. The van der Waals surface area contributed by atoms with E-state index in [-0.39, 0.29) is 11.5 Å². The summed E-state index contributed by atoms with van der Waals surface area (Å²) in [4.78, 5) is 27.8. The standard InChI is InChI=1S/C14H21N3O2/c1-2-17(10-11-5-7-15-8-6-11)14(19)12-3-4-13(18)16-9-12/h3-4,9,11,15H,2,5-8,10H2,1H3,(H,16,18). The van der Waals surface area contributed by atoms with Crippen LogP contribution in [0.15, 0.2) is 23.1 Å². The average molecular weight is 263 g/mol. The molecule has 0 bridgehead atoms. The van der Waals surface area contributed by atoms with Crippen LogP contribution in [0.1, 0.15) is 30.1 Å². The Balaban J connectivity index is 2.01. The number of aromatic amines is 1. The van der Waals surface area contributed by atoms with Crippen molar-refractivity contribution in [2.24, 2.45) is 5.92 Å². The molecule has 0 unspecified atom stereocenters. The molecule has 2 heterocycles. The maximum Gasteiger partial charge on any atom is 0.255 e. The van der Waals surface area contributed by atoms with Crippen LogP contribution in [0.4, 0.5) is 0 Å². The van der Waals surface area contributed by atoms with E-state index in [4.69, 9.17) is 0 Å². The summed E-state index contributed by atoms with van der Waals surface area (Å²) in [6, 6.07) is 2.98. The Morgan fingerprint density at radius 2 is 2.11 bits per heavy atom. The van der Waals surface area contributed by atoms with E-state index in [0.717, 1.165) is 32.5 Å². The molecule has 2 N–H and O–H groups in total. The predicted molar refractivity (Wildman–Crippen MR) is 74.2 cm³/mol. The van der Waals surface area contributed by atoms with E-state index < -0.39 is 0 Å². The molecule has 1 fully saturated rings. The van der Waals surface area contributed by atoms with Crippen molar-refractivity contribution in [3.8, 4) is 0 Å². The lowest BCUT2D eigenvalue weighted by atomic mass is 9.97. The maximum absolute atomic E-state index is 12.3. The van der Waals surface area contributed by atoms with Crippen molar-refractivity contribution in [3.05, 3.63) is 34.2 Å². The lowest BCUT2D eigenvalue weighted by Crippen LogP contribution is -2.39. The molecule has 19 heavy (non-hydrogen) atoms. The molecule has 1 aliphatic heterocycles. The number of nitrogens with one attached hydrogen (secondary N) is 2. The second-order valence-corrected chi connectivity index (χ2v) is 4.98. The molecule has 5 nitrogen and oxygen atoms in total. The molecular formula is C14H21N3O2. The van der Waals surface area contributed by atoms with Gasteiger partial charge in [-0.15, -0.1) is 0 Å². The predicted octanol–water partition coefficient (Wildman–Crippen LogP) is 0.837. The van der Waals surface area contributed by atoms with Crippen LogP contribution in [0.25, 0.3) is 0 Å². The highest BCUT2D eigenvalue weighted by Gasteiger charge is 2.20. The minimum atomic E-state index is -0.182. The van der Waals surface area contributed by atoms with Crippen LogP contribution in [0.5, 0.6) is 0 Å². The summed E-state index contributed by atoms with van der Waals surface area (Å²) in [5.41, 5.74) is 0.369. The van der Waals surface area contributed by atoms with E-state index in [2.05, 4.69) is 10.3 Å². The number of hydrogen-bond donors (Lipinski definition) is 2. The zero-order valence-corrected chi connectivity index (χ0v) is 11.3. The first-order chi connectivity index (χ1) is 9.20. The molecule has 0 saturated carbocycles. The third kappa shape index (κ3) is 3.67. The topological polar surface area (TPSA) is 65.2 Å². The van der Waals surface area contributed by atoms with Gasteiger partial charge in [0.05, 0.1) is 5.56 Å². The van der Waals surface area contributed by atoms with Gasteiger partial charge in [0.2, 0.25) is 5.56 Å². The molecule has 2 rings (SSSR count). The van der Waals surface area contributed by atoms with Crippen molar-refractivity contribution >= 4 is 5.91 Å². The molecule has 0 atom stereocenters. The molecule has 5 heteroatoms. The Kier molecular flexibility index (Phi) is 4.74. The van der Waals surface area contributed by atoms with Gasteiger partial charge in [0.25, 0.3) is 5.91 Å². The molecule has 104 valence electrons. The molecule has 1 aromatic heterocycles. The van der Waals surface area contributed by atoms with Crippen molar-refractivity contribution in [1.82, 2.24) is 15.2 Å². The molecular weight excluding hydrogens is 242 g/mol. The van der Waals surface area contributed by atoms with Gasteiger partial charge in [-0.3, -0.25) is 9.59 Å². The van der Waals surface area contributed by atoms with Gasteiger partial charge in [-0.05, 0) is 44.8 Å². The van der Waals surface area contributed by atoms with Crippen molar-refractivity contribution in [2.75, 3.05) is 26.2 Å². The monoisotopic (exact) mass is 263 g/mol. The van der Waals surface area contributed by atoms with Crippen LogP contribution in [-0.2, 0) is 0 Å². The van der Waals surface area contributed by atoms with E-state index in [1.54, 1.807) is 6.07 Å². The largest absolute Gasteiger partial charge is 0.339 e. The Labute approximate surface area is 113 Å². The fraction of sp³-hybridized carbons (Fsp3) is 0.571. The quantitative estimate of drug-likeness (QED) is 0.846. The van der Waals surface area contributed by atoms with Crippen molar-refractivity contribution in [1.29, 1.82) is 0 Å². The number of piperidine rings is 1. The number of carbonyl (C=O) groups excluding carboxylic acids is 1. The highest BCUT2D eigenvalue weighted by Crippen LogP contribution is 2.14. The van der Waals surface area contributed by atoms with Gasteiger partial charge in [-0.2, -0.15) is 0 Å². The van der Waals surface area contributed by atoms with Crippen molar-refractivity contribution < 1.29 is 4.79 Å². The lowest BCUT2D eigenvalue weighted by Gasteiger charge is -2.29. The molecule has 1 aromatic rings. The second kappa shape index (κ2) is 6.52. The van der Waals surface area contributed by atoms with Gasteiger partial charge in [0.1, 0.15) is 0 Å². The summed E-state index contributed by atoms with van der Waals surface area (Å²) in [7, 11) is 0. The summed E-state index contributed by atoms with van der Waals surface area (Å²) in [5, 5.41) is 3.33. The molecule has 0 aromatic carbocycles. The zero-order chi connectivity index (χ0) is 13.7. The molecule has 1 saturated heterocycles. The fourth-order valence-electron chi connectivity index (χ4n) is 2.46. The summed E-state index contributed by atoms with van der Waals surface area (Å²) >= 11 is 0. The van der Waals surface area contributed by atoms with Crippen LogP contribution in [0.2, 0.25) is 0 Å². The van der Waals surface area contributed by atoms with Gasteiger partial charge in [0, 0.05) is 25.4 Å². The Morgan fingerprint density at radius 3 is 2.68 bits per heavy atom. The average Bonchev–Trinajstić information content (AvgIpc) is 2.46. The van der Waals surface area contributed by atoms with Crippen LogP contribution < -0.4 is 10.9 Å². The van der Waals surface area contributed by atoms with Gasteiger partial charge in [0.15, 0.2) is 0 Å². The normalized spacial score (nSPS) is 16.3. The number of nitrogens with zero attached hydrogens (tertiary/aromatic N) is 1. The minimum Gasteiger partial charge on any atom is -0.339 e. The van der Waals surface area contributed by atoms with Gasteiger partial charge >= 0.3 is 0 Å². The number of aromatic nitrogens is 1. The molecule has 0 radical (unpaired) electrons. The first-order valence-corrected chi connectivity index (χ1v) is 6.89. The second-order valence-electron chi connectivity index (χ2n) is 4.98. The Morgan fingerprint density at radius 1 is 1.37 bits per heavy atom. The fourth-order valence-corrected chi connectivity index (χ4v) is 2.46. The number of pyridine rings is 1. The van der Waals surface area contributed by atoms with E-state index in [1.165, 1.54) is 12.3 Å². The molecule has 1 aliphatic rings. The third-order valence-corrected chi connectivity index (χ3v) is 3.64. The zero-order valence-electron chi connectivity index (χ0n) is 11.3.